The van der Waals surface area contributed by atoms with E-state index in [0.717, 1.165) is 17.9 Å². The van der Waals surface area contributed by atoms with Crippen LogP contribution in [-0.2, 0) is 15.3 Å². The summed E-state index contributed by atoms with van der Waals surface area (Å²) in [4.78, 5) is 11.7. The van der Waals surface area contributed by atoms with Crippen molar-refractivity contribution in [2.24, 2.45) is 5.73 Å². The second-order valence-corrected chi connectivity index (χ2v) is 6.90. The van der Waals surface area contributed by atoms with E-state index in [4.69, 9.17) is 10.5 Å². The molecule has 0 amide bonds. The topological polar surface area (TPSA) is 52.3 Å². The molecule has 0 fully saturated rings. The van der Waals surface area contributed by atoms with Gasteiger partial charge in [-0.3, -0.25) is 4.79 Å². The number of ether oxygens (including phenoxy) is 1. The molecule has 0 aromatic heterocycles. The molecule has 0 bridgehead atoms. The number of aryl methyl sites for hydroxylation is 2. The highest BCUT2D eigenvalue weighted by molar-refractivity contribution is 7.98. The van der Waals surface area contributed by atoms with E-state index in [2.05, 4.69) is 32.0 Å². The third-order valence-electron chi connectivity index (χ3n) is 3.28. The Morgan fingerprint density at radius 1 is 1.29 bits per heavy atom. The fraction of sp³-hybridized carbons (Fsp3) is 0.588. The van der Waals surface area contributed by atoms with Crippen LogP contribution in [0.25, 0.3) is 0 Å². The molecule has 1 aromatic rings. The summed E-state index contributed by atoms with van der Waals surface area (Å²) in [6, 6.07) is 6.64. The lowest BCUT2D eigenvalue weighted by Crippen LogP contribution is -2.46. The maximum atomic E-state index is 11.7. The Morgan fingerprint density at radius 2 is 1.90 bits per heavy atom. The van der Waals surface area contributed by atoms with Gasteiger partial charge in [-0.1, -0.05) is 29.3 Å². The van der Waals surface area contributed by atoms with E-state index in [1.165, 1.54) is 16.7 Å². The van der Waals surface area contributed by atoms with Crippen molar-refractivity contribution in [2.45, 2.75) is 51.8 Å². The smallest absolute Gasteiger partial charge is 0.325 e. The van der Waals surface area contributed by atoms with Crippen molar-refractivity contribution in [3.05, 3.63) is 34.9 Å². The molecule has 0 saturated heterocycles. The Hall–Kier alpha value is -1.00. The van der Waals surface area contributed by atoms with Crippen LogP contribution in [0, 0.1) is 13.8 Å². The Morgan fingerprint density at radius 3 is 2.48 bits per heavy atom. The van der Waals surface area contributed by atoms with Gasteiger partial charge in [0.05, 0.1) is 6.61 Å². The SMILES string of the molecule is CCOC(=O)C(C)(N)CCCSCc1cc(C)cc(C)c1. The van der Waals surface area contributed by atoms with E-state index in [0.29, 0.717) is 13.0 Å². The van der Waals surface area contributed by atoms with Crippen molar-refractivity contribution >= 4 is 17.7 Å². The van der Waals surface area contributed by atoms with Crippen molar-refractivity contribution in [1.29, 1.82) is 0 Å². The van der Waals surface area contributed by atoms with Gasteiger partial charge in [0.1, 0.15) is 5.54 Å². The minimum atomic E-state index is -0.865. The number of nitrogens with two attached hydrogens (primary N) is 1. The predicted molar refractivity (Wildman–Crippen MR) is 90.5 cm³/mol. The molecule has 4 heteroatoms. The summed E-state index contributed by atoms with van der Waals surface area (Å²) in [5, 5.41) is 0. The van der Waals surface area contributed by atoms with Crippen LogP contribution < -0.4 is 5.73 Å². The number of hydrogen-bond donors (Lipinski definition) is 1. The summed E-state index contributed by atoms with van der Waals surface area (Å²) in [7, 11) is 0. The van der Waals surface area contributed by atoms with Gasteiger partial charge in [0, 0.05) is 5.75 Å². The molecule has 1 atom stereocenters. The number of carbonyl (C=O) groups excluding carboxylic acids is 1. The van der Waals surface area contributed by atoms with E-state index < -0.39 is 5.54 Å². The average molecular weight is 309 g/mol. The standard InChI is InChI=1S/C17H27NO2S/c1-5-20-16(19)17(4,18)7-6-8-21-12-15-10-13(2)9-14(3)11-15/h9-11H,5-8,12,18H2,1-4H3. The Labute approximate surface area is 132 Å². The normalized spacial score (nSPS) is 13.8. The lowest BCUT2D eigenvalue weighted by atomic mass is 9.98. The number of carbonyl (C=O) groups is 1. The summed E-state index contributed by atoms with van der Waals surface area (Å²) >= 11 is 1.88. The highest BCUT2D eigenvalue weighted by atomic mass is 32.2. The largest absolute Gasteiger partial charge is 0.465 e. The quantitative estimate of drug-likeness (QED) is 0.589. The summed E-state index contributed by atoms with van der Waals surface area (Å²) in [6.45, 7) is 8.18. The van der Waals surface area contributed by atoms with E-state index in [1.54, 1.807) is 13.8 Å². The third-order valence-corrected chi connectivity index (χ3v) is 4.39. The molecule has 0 heterocycles. The first kappa shape index (κ1) is 18.1. The molecular weight excluding hydrogens is 282 g/mol. The zero-order valence-corrected chi connectivity index (χ0v) is 14.4. The molecule has 118 valence electrons. The van der Waals surface area contributed by atoms with Crippen LogP contribution >= 0.6 is 11.8 Å². The monoisotopic (exact) mass is 309 g/mol. The van der Waals surface area contributed by atoms with Gasteiger partial charge in [0.2, 0.25) is 0 Å². The lowest BCUT2D eigenvalue weighted by Gasteiger charge is -2.21. The number of hydrogen-bond acceptors (Lipinski definition) is 4. The van der Waals surface area contributed by atoms with Crippen LogP contribution in [0.4, 0.5) is 0 Å². The van der Waals surface area contributed by atoms with Crippen LogP contribution in [-0.4, -0.2) is 23.9 Å². The van der Waals surface area contributed by atoms with Gasteiger partial charge in [-0.05, 0) is 51.9 Å². The zero-order chi connectivity index (χ0) is 15.9. The first-order valence-electron chi connectivity index (χ1n) is 7.46. The maximum Gasteiger partial charge on any atom is 0.325 e. The second kappa shape index (κ2) is 8.44. The number of thioether (sulfide) groups is 1. The molecule has 1 unspecified atom stereocenters. The lowest BCUT2D eigenvalue weighted by molar-refractivity contribution is -0.149. The Bertz CT molecular complexity index is 452. The van der Waals surface area contributed by atoms with Crippen LogP contribution in [0.15, 0.2) is 18.2 Å². The fourth-order valence-electron chi connectivity index (χ4n) is 2.28. The molecule has 0 aliphatic carbocycles. The molecule has 0 aliphatic heterocycles. The van der Waals surface area contributed by atoms with Crippen molar-refractivity contribution in [2.75, 3.05) is 12.4 Å². The van der Waals surface area contributed by atoms with E-state index >= 15 is 0 Å². The summed E-state index contributed by atoms with van der Waals surface area (Å²) in [6.07, 6.45) is 1.58. The fourth-order valence-corrected chi connectivity index (χ4v) is 3.18. The van der Waals surface area contributed by atoms with Gasteiger partial charge in [0.15, 0.2) is 0 Å². The van der Waals surface area contributed by atoms with Crippen molar-refractivity contribution in [3.8, 4) is 0 Å². The van der Waals surface area contributed by atoms with Gasteiger partial charge >= 0.3 is 5.97 Å². The molecular formula is C17H27NO2S. The summed E-state index contributed by atoms with van der Waals surface area (Å²) < 4.78 is 4.99. The van der Waals surface area contributed by atoms with E-state index in [9.17, 15) is 4.79 Å². The maximum absolute atomic E-state index is 11.7. The molecule has 2 N–H and O–H groups in total. The molecule has 0 saturated carbocycles. The van der Waals surface area contributed by atoms with Gasteiger partial charge < -0.3 is 10.5 Å². The van der Waals surface area contributed by atoms with E-state index in [-0.39, 0.29) is 5.97 Å². The molecule has 0 aliphatic rings. The molecule has 0 spiro atoms. The highest BCUT2D eigenvalue weighted by Crippen LogP contribution is 2.19. The van der Waals surface area contributed by atoms with Gasteiger partial charge in [-0.25, -0.2) is 0 Å². The van der Waals surface area contributed by atoms with Crippen LogP contribution in [0.3, 0.4) is 0 Å². The minimum absolute atomic E-state index is 0.302. The van der Waals surface area contributed by atoms with E-state index in [1.807, 2.05) is 11.8 Å². The molecule has 3 nitrogen and oxygen atoms in total. The second-order valence-electron chi connectivity index (χ2n) is 5.79. The molecule has 1 rings (SSSR count). The first-order chi connectivity index (χ1) is 9.85. The van der Waals surface area contributed by atoms with Crippen molar-refractivity contribution in [1.82, 2.24) is 0 Å². The summed E-state index contributed by atoms with van der Waals surface area (Å²) in [5.41, 5.74) is 9.11. The van der Waals surface area contributed by atoms with Crippen LogP contribution in [0.5, 0.6) is 0 Å². The third kappa shape index (κ3) is 6.53. The number of esters is 1. The van der Waals surface area contributed by atoms with Crippen LogP contribution in [0.1, 0.15) is 43.4 Å². The molecule has 0 radical (unpaired) electrons. The Balaban J connectivity index is 2.29. The molecule has 1 aromatic carbocycles. The minimum Gasteiger partial charge on any atom is -0.465 e. The van der Waals surface area contributed by atoms with Crippen molar-refractivity contribution in [3.63, 3.8) is 0 Å². The highest BCUT2D eigenvalue weighted by Gasteiger charge is 2.28. The van der Waals surface area contributed by atoms with Crippen LogP contribution in [0.2, 0.25) is 0 Å². The van der Waals surface area contributed by atoms with Crippen molar-refractivity contribution < 1.29 is 9.53 Å². The first-order valence-corrected chi connectivity index (χ1v) is 8.61. The van der Waals surface area contributed by atoms with Gasteiger partial charge in [0.25, 0.3) is 0 Å². The zero-order valence-electron chi connectivity index (χ0n) is 13.6. The summed E-state index contributed by atoms with van der Waals surface area (Å²) in [5.74, 6) is 1.70. The number of benzene rings is 1. The molecule has 21 heavy (non-hydrogen) atoms. The predicted octanol–water partition coefficient (Wildman–Crippen LogP) is 3.60. The Kier molecular flexibility index (Phi) is 7.26. The number of rotatable bonds is 8. The average Bonchev–Trinajstić information content (AvgIpc) is 2.37. The van der Waals surface area contributed by atoms with Gasteiger partial charge in [-0.15, -0.1) is 0 Å². The van der Waals surface area contributed by atoms with Gasteiger partial charge in [-0.2, -0.15) is 11.8 Å².